The molecule has 0 aliphatic rings. The van der Waals surface area contributed by atoms with E-state index in [0.29, 0.717) is 5.15 Å². The maximum absolute atomic E-state index is 5.92. The molecule has 0 bridgehead atoms. The third-order valence-electron chi connectivity index (χ3n) is 1.52. The Bertz CT molecular complexity index is 416. The third-order valence-corrected chi connectivity index (χ3v) is 2.81. The maximum atomic E-state index is 5.92. The summed E-state index contributed by atoms with van der Waals surface area (Å²) in [5.41, 5.74) is 1.72. The number of rotatable bonds is 1. The summed E-state index contributed by atoms with van der Waals surface area (Å²) in [6.45, 7) is 0. The molecule has 13 heavy (non-hydrogen) atoms. The van der Waals surface area contributed by atoms with E-state index >= 15 is 0 Å². The van der Waals surface area contributed by atoms with Gasteiger partial charge in [0.05, 0.1) is 5.69 Å². The highest BCUT2D eigenvalue weighted by molar-refractivity contribution is 9.10. The van der Waals surface area contributed by atoms with Gasteiger partial charge in [0.1, 0.15) is 5.15 Å². The number of pyridine rings is 1. The van der Waals surface area contributed by atoms with Gasteiger partial charge in [-0.2, -0.15) is 4.37 Å². The lowest BCUT2D eigenvalue weighted by Crippen LogP contribution is -1.82. The molecule has 0 saturated carbocycles. The number of nitrogens with zero attached hydrogens (tertiary/aromatic N) is 2. The Morgan fingerprint density at radius 2 is 2.31 bits per heavy atom. The van der Waals surface area contributed by atoms with E-state index < -0.39 is 0 Å². The van der Waals surface area contributed by atoms with Crippen molar-refractivity contribution >= 4 is 39.1 Å². The molecule has 0 aliphatic heterocycles. The number of aromatic nitrogens is 2. The molecule has 0 aromatic carbocycles. The second-order valence-electron chi connectivity index (χ2n) is 2.38. The number of hydrogen-bond acceptors (Lipinski definition) is 3. The first-order valence-corrected chi connectivity index (χ1v) is 5.50. The maximum Gasteiger partial charge on any atom is 0.138 e. The summed E-state index contributed by atoms with van der Waals surface area (Å²) in [5, 5.41) is 2.39. The Morgan fingerprint density at radius 3 is 3.00 bits per heavy atom. The third kappa shape index (κ3) is 1.90. The highest BCUT2D eigenvalue weighted by atomic mass is 79.9. The van der Waals surface area contributed by atoms with Crippen LogP contribution in [0.2, 0.25) is 5.15 Å². The van der Waals surface area contributed by atoms with Gasteiger partial charge in [0, 0.05) is 21.6 Å². The monoisotopic (exact) mass is 274 g/mol. The molecule has 0 unspecified atom stereocenters. The molecule has 0 aliphatic carbocycles. The minimum atomic E-state index is 0.481. The van der Waals surface area contributed by atoms with Gasteiger partial charge in [-0.1, -0.05) is 11.6 Å². The molecule has 66 valence electrons. The highest BCUT2D eigenvalue weighted by Crippen LogP contribution is 2.27. The molecule has 5 heteroatoms. The van der Waals surface area contributed by atoms with E-state index in [0.717, 1.165) is 15.7 Å². The molecular weight excluding hydrogens is 272 g/mol. The summed E-state index contributed by atoms with van der Waals surface area (Å²) in [6.07, 6.45) is 1.66. The van der Waals surface area contributed by atoms with Gasteiger partial charge < -0.3 is 0 Å². The Kier molecular flexibility index (Phi) is 2.62. The topological polar surface area (TPSA) is 25.8 Å². The average molecular weight is 276 g/mol. The molecule has 2 nitrogen and oxygen atoms in total. The Labute approximate surface area is 92.9 Å². The van der Waals surface area contributed by atoms with Gasteiger partial charge in [-0.3, -0.25) is 0 Å². The molecule has 0 N–H and O–H groups in total. The second-order valence-corrected chi connectivity index (χ2v) is 4.32. The molecule has 0 atom stereocenters. The van der Waals surface area contributed by atoms with Gasteiger partial charge in [0.25, 0.3) is 0 Å². The van der Waals surface area contributed by atoms with Crippen molar-refractivity contribution in [1.29, 1.82) is 0 Å². The van der Waals surface area contributed by atoms with E-state index in [1.807, 2.05) is 17.5 Å². The SMILES string of the molecule is Clc1ncc(Br)cc1-c1ccsn1. The van der Waals surface area contributed by atoms with Gasteiger partial charge in [-0.25, -0.2) is 4.98 Å². The van der Waals surface area contributed by atoms with Crippen molar-refractivity contribution in [3.63, 3.8) is 0 Å². The van der Waals surface area contributed by atoms with Crippen LogP contribution in [0.15, 0.2) is 28.2 Å². The standard InChI is InChI=1S/C8H4BrClN2S/c9-5-3-6(8(10)11-4-5)7-1-2-13-12-7/h1-4H. The van der Waals surface area contributed by atoms with Crippen LogP contribution in [0.25, 0.3) is 11.3 Å². The first-order valence-electron chi connectivity index (χ1n) is 3.49. The Morgan fingerprint density at radius 1 is 1.46 bits per heavy atom. The lowest BCUT2D eigenvalue weighted by molar-refractivity contribution is 1.30. The van der Waals surface area contributed by atoms with Crippen molar-refractivity contribution in [2.45, 2.75) is 0 Å². The van der Waals surface area contributed by atoms with Gasteiger partial charge in [-0.05, 0) is 39.6 Å². The fourth-order valence-electron chi connectivity index (χ4n) is 0.954. The highest BCUT2D eigenvalue weighted by Gasteiger charge is 2.06. The van der Waals surface area contributed by atoms with Crippen molar-refractivity contribution in [2.75, 3.05) is 0 Å². The van der Waals surface area contributed by atoms with Crippen LogP contribution in [0, 0.1) is 0 Å². The lowest BCUT2D eigenvalue weighted by Gasteiger charge is -1.99. The number of halogens is 2. The summed E-state index contributed by atoms with van der Waals surface area (Å²) >= 11 is 10.7. The van der Waals surface area contributed by atoms with Crippen molar-refractivity contribution in [3.05, 3.63) is 33.3 Å². The molecule has 0 radical (unpaired) electrons. The predicted molar refractivity (Wildman–Crippen MR) is 58.1 cm³/mol. The minimum Gasteiger partial charge on any atom is -0.243 e. The van der Waals surface area contributed by atoms with E-state index in [1.54, 1.807) is 6.20 Å². The van der Waals surface area contributed by atoms with Crippen LogP contribution < -0.4 is 0 Å². The smallest absolute Gasteiger partial charge is 0.138 e. The van der Waals surface area contributed by atoms with Gasteiger partial charge in [-0.15, -0.1) is 0 Å². The Balaban J connectivity index is 2.57. The van der Waals surface area contributed by atoms with Gasteiger partial charge in [0.15, 0.2) is 0 Å². The van der Waals surface area contributed by atoms with Gasteiger partial charge in [0.2, 0.25) is 0 Å². The van der Waals surface area contributed by atoms with Crippen LogP contribution in [0.1, 0.15) is 0 Å². The van der Waals surface area contributed by atoms with E-state index in [1.165, 1.54) is 11.5 Å². The Hall–Kier alpha value is -0.450. The molecule has 0 amide bonds. The lowest BCUT2D eigenvalue weighted by atomic mass is 10.2. The molecule has 2 heterocycles. The van der Waals surface area contributed by atoms with Crippen LogP contribution in [0.5, 0.6) is 0 Å². The molecule has 0 spiro atoms. The summed E-state index contributed by atoms with van der Waals surface area (Å²) < 4.78 is 5.09. The van der Waals surface area contributed by atoms with Crippen LogP contribution in [-0.4, -0.2) is 9.36 Å². The molecular formula is C8H4BrClN2S. The molecule has 2 aromatic rings. The zero-order chi connectivity index (χ0) is 9.26. The first kappa shape index (κ1) is 9.12. The fraction of sp³-hybridized carbons (Fsp3) is 0. The average Bonchev–Trinajstić information content (AvgIpc) is 2.61. The normalized spacial score (nSPS) is 10.3. The van der Waals surface area contributed by atoms with Crippen molar-refractivity contribution in [1.82, 2.24) is 9.36 Å². The van der Waals surface area contributed by atoms with Crippen molar-refractivity contribution < 1.29 is 0 Å². The van der Waals surface area contributed by atoms with Crippen LogP contribution in [0.3, 0.4) is 0 Å². The summed E-state index contributed by atoms with van der Waals surface area (Å²) in [5.74, 6) is 0. The van der Waals surface area contributed by atoms with Crippen molar-refractivity contribution in [2.24, 2.45) is 0 Å². The second kappa shape index (κ2) is 3.74. The van der Waals surface area contributed by atoms with Gasteiger partial charge >= 0.3 is 0 Å². The summed E-state index contributed by atoms with van der Waals surface area (Å²) in [7, 11) is 0. The van der Waals surface area contributed by atoms with Crippen LogP contribution in [0.4, 0.5) is 0 Å². The quantitative estimate of drug-likeness (QED) is 0.743. The minimum absolute atomic E-state index is 0.481. The molecule has 0 fully saturated rings. The fourth-order valence-corrected chi connectivity index (χ4v) is 2.01. The van der Waals surface area contributed by atoms with E-state index in [4.69, 9.17) is 11.6 Å². The summed E-state index contributed by atoms with van der Waals surface area (Å²) in [4.78, 5) is 4.02. The molecule has 2 rings (SSSR count). The van der Waals surface area contributed by atoms with E-state index in [2.05, 4.69) is 25.3 Å². The predicted octanol–water partition coefficient (Wildman–Crippen LogP) is 3.62. The zero-order valence-corrected chi connectivity index (χ0v) is 9.53. The van der Waals surface area contributed by atoms with Crippen molar-refractivity contribution in [3.8, 4) is 11.3 Å². The van der Waals surface area contributed by atoms with E-state index in [-0.39, 0.29) is 0 Å². The largest absolute Gasteiger partial charge is 0.243 e. The zero-order valence-electron chi connectivity index (χ0n) is 6.37. The summed E-state index contributed by atoms with van der Waals surface area (Å²) in [6, 6.07) is 3.82. The number of hydrogen-bond donors (Lipinski definition) is 0. The molecule has 0 saturated heterocycles. The van der Waals surface area contributed by atoms with Crippen LogP contribution >= 0.6 is 39.1 Å². The van der Waals surface area contributed by atoms with Crippen LogP contribution in [-0.2, 0) is 0 Å². The van der Waals surface area contributed by atoms with E-state index in [9.17, 15) is 0 Å². The molecule has 2 aromatic heterocycles. The first-order chi connectivity index (χ1) is 6.27.